The van der Waals surface area contributed by atoms with E-state index in [1.54, 1.807) is 0 Å². The molecule has 68 valence electrons. The summed E-state index contributed by atoms with van der Waals surface area (Å²) < 4.78 is 0. The molecule has 1 aromatic rings. The van der Waals surface area contributed by atoms with Crippen molar-refractivity contribution in [3.8, 4) is 0 Å². The maximum absolute atomic E-state index is 5.89. The van der Waals surface area contributed by atoms with Gasteiger partial charge in [0.1, 0.15) is 5.82 Å². The van der Waals surface area contributed by atoms with E-state index in [1.165, 1.54) is 0 Å². The molecule has 1 aromatic heterocycles. The second kappa shape index (κ2) is 3.72. The van der Waals surface area contributed by atoms with Gasteiger partial charge in [-0.3, -0.25) is 0 Å². The van der Waals surface area contributed by atoms with E-state index >= 15 is 0 Å². The summed E-state index contributed by atoms with van der Waals surface area (Å²) in [5.74, 6) is 0.923. The highest BCUT2D eigenvalue weighted by molar-refractivity contribution is 5.12. The highest BCUT2D eigenvalue weighted by Crippen LogP contribution is 2.13. The van der Waals surface area contributed by atoms with Gasteiger partial charge in [0.15, 0.2) is 0 Å². The van der Waals surface area contributed by atoms with Gasteiger partial charge in [-0.1, -0.05) is 13.3 Å². The molecule has 1 heterocycles. The van der Waals surface area contributed by atoms with Gasteiger partial charge in [-0.05, 0) is 20.3 Å². The first-order valence-electron chi connectivity index (χ1n) is 4.43. The second-order valence-corrected chi connectivity index (χ2v) is 3.23. The molecule has 0 fully saturated rings. The van der Waals surface area contributed by atoms with E-state index < -0.39 is 0 Å². The quantitative estimate of drug-likeness (QED) is 0.721. The van der Waals surface area contributed by atoms with Gasteiger partial charge in [0.05, 0.1) is 11.7 Å². The molecule has 1 unspecified atom stereocenters. The Balaban J connectivity index is 2.74. The van der Waals surface area contributed by atoms with E-state index in [1.807, 2.05) is 13.8 Å². The lowest BCUT2D eigenvalue weighted by Crippen LogP contribution is -2.11. The van der Waals surface area contributed by atoms with E-state index in [-0.39, 0.29) is 6.04 Å². The van der Waals surface area contributed by atoms with E-state index in [0.29, 0.717) is 0 Å². The van der Waals surface area contributed by atoms with Crippen LogP contribution in [0.5, 0.6) is 0 Å². The smallest absolute Gasteiger partial charge is 0.123 e. The molecular weight excluding hydrogens is 150 g/mol. The maximum Gasteiger partial charge on any atom is 0.123 e. The third-order valence-electron chi connectivity index (χ3n) is 2.10. The molecule has 0 aliphatic rings. The first-order valence-corrected chi connectivity index (χ1v) is 4.43. The number of nitrogens with two attached hydrogens (primary N) is 1. The van der Waals surface area contributed by atoms with Crippen molar-refractivity contribution in [3.05, 3.63) is 17.2 Å². The normalized spacial score (nSPS) is 13.3. The standard InChI is InChI=1S/C9H17N3/c1-4-5-8(10)9-11-6(2)7(3)12-9/h8H,4-5,10H2,1-3H3,(H,11,12). The van der Waals surface area contributed by atoms with Crippen LogP contribution in [0.15, 0.2) is 0 Å². The molecule has 1 rings (SSSR count). The largest absolute Gasteiger partial charge is 0.345 e. The minimum absolute atomic E-state index is 0.0717. The summed E-state index contributed by atoms with van der Waals surface area (Å²) in [6.45, 7) is 6.14. The van der Waals surface area contributed by atoms with Crippen molar-refractivity contribution >= 4 is 0 Å². The van der Waals surface area contributed by atoms with E-state index in [2.05, 4.69) is 16.9 Å². The number of aryl methyl sites for hydroxylation is 2. The number of hydrogen-bond donors (Lipinski definition) is 2. The lowest BCUT2D eigenvalue weighted by Gasteiger charge is -2.05. The monoisotopic (exact) mass is 167 g/mol. The van der Waals surface area contributed by atoms with Crippen molar-refractivity contribution < 1.29 is 0 Å². The highest BCUT2D eigenvalue weighted by Gasteiger charge is 2.09. The van der Waals surface area contributed by atoms with Gasteiger partial charge in [0.25, 0.3) is 0 Å². The Kier molecular flexibility index (Phi) is 2.87. The fourth-order valence-corrected chi connectivity index (χ4v) is 1.20. The van der Waals surface area contributed by atoms with Gasteiger partial charge in [0.2, 0.25) is 0 Å². The average molecular weight is 167 g/mol. The molecule has 0 aliphatic heterocycles. The minimum Gasteiger partial charge on any atom is -0.345 e. The minimum atomic E-state index is 0.0717. The van der Waals surface area contributed by atoms with Crippen LogP contribution in [0.4, 0.5) is 0 Å². The molecule has 12 heavy (non-hydrogen) atoms. The third kappa shape index (κ3) is 1.85. The molecular formula is C9H17N3. The third-order valence-corrected chi connectivity index (χ3v) is 2.10. The zero-order chi connectivity index (χ0) is 9.14. The van der Waals surface area contributed by atoms with Gasteiger partial charge in [0, 0.05) is 5.69 Å². The maximum atomic E-state index is 5.89. The Hall–Kier alpha value is -0.830. The predicted octanol–water partition coefficient (Wildman–Crippen LogP) is 1.83. The summed E-state index contributed by atoms with van der Waals surface area (Å²) in [6.07, 6.45) is 2.09. The molecule has 0 aromatic carbocycles. The van der Waals surface area contributed by atoms with Gasteiger partial charge < -0.3 is 10.7 Å². The average Bonchev–Trinajstić information content (AvgIpc) is 2.33. The van der Waals surface area contributed by atoms with Crippen LogP contribution in [0.3, 0.4) is 0 Å². The van der Waals surface area contributed by atoms with Crippen molar-refractivity contribution in [2.45, 2.75) is 39.7 Å². The lowest BCUT2D eigenvalue weighted by atomic mass is 10.2. The molecule has 0 saturated carbocycles. The molecule has 1 atom stereocenters. The Morgan fingerprint density at radius 3 is 2.58 bits per heavy atom. The Morgan fingerprint density at radius 2 is 2.17 bits per heavy atom. The Labute approximate surface area is 73.4 Å². The van der Waals surface area contributed by atoms with Crippen LogP contribution in [0.2, 0.25) is 0 Å². The molecule has 0 radical (unpaired) electrons. The van der Waals surface area contributed by atoms with Crippen LogP contribution in [-0.4, -0.2) is 9.97 Å². The first kappa shape index (κ1) is 9.26. The first-order chi connectivity index (χ1) is 5.65. The zero-order valence-electron chi connectivity index (χ0n) is 8.02. The van der Waals surface area contributed by atoms with Crippen molar-refractivity contribution in [1.29, 1.82) is 0 Å². The summed E-state index contributed by atoms with van der Waals surface area (Å²) in [7, 11) is 0. The molecule has 0 aliphatic carbocycles. The number of hydrogen-bond acceptors (Lipinski definition) is 2. The molecule has 0 amide bonds. The van der Waals surface area contributed by atoms with Gasteiger partial charge in [-0.15, -0.1) is 0 Å². The topological polar surface area (TPSA) is 54.7 Å². The molecule has 3 nitrogen and oxygen atoms in total. The van der Waals surface area contributed by atoms with Crippen LogP contribution >= 0.6 is 0 Å². The van der Waals surface area contributed by atoms with Crippen molar-refractivity contribution in [2.24, 2.45) is 5.73 Å². The van der Waals surface area contributed by atoms with Crippen LogP contribution < -0.4 is 5.73 Å². The number of aromatic amines is 1. The van der Waals surface area contributed by atoms with Crippen molar-refractivity contribution in [2.75, 3.05) is 0 Å². The van der Waals surface area contributed by atoms with Crippen molar-refractivity contribution in [1.82, 2.24) is 9.97 Å². The fraction of sp³-hybridized carbons (Fsp3) is 0.667. The van der Waals surface area contributed by atoms with Gasteiger partial charge >= 0.3 is 0 Å². The summed E-state index contributed by atoms with van der Waals surface area (Å²) in [5.41, 5.74) is 8.07. The van der Waals surface area contributed by atoms with E-state index in [0.717, 1.165) is 30.1 Å². The number of H-pyrrole nitrogens is 1. The summed E-state index contributed by atoms with van der Waals surface area (Å²) in [4.78, 5) is 7.54. The van der Waals surface area contributed by atoms with E-state index in [9.17, 15) is 0 Å². The Morgan fingerprint density at radius 1 is 1.50 bits per heavy atom. The molecule has 0 spiro atoms. The van der Waals surface area contributed by atoms with Crippen LogP contribution in [0.1, 0.15) is 43.0 Å². The molecule has 3 N–H and O–H groups in total. The summed E-state index contributed by atoms with van der Waals surface area (Å²) in [6, 6.07) is 0.0717. The van der Waals surface area contributed by atoms with Crippen LogP contribution in [-0.2, 0) is 0 Å². The number of rotatable bonds is 3. The van der Waals surface area contributed by atoms with E-state index in [4.69, 9.17) is 5.73 Å². The molecule has 0 bridgehead atoms. The second-order valence-electron chi connectivity index (χ2n) is 3.23. The SMILES string of the molecule is CCCC(N)c1nc(C)c(C)[nH]1. The highest BCUT2D eigenvalue weighted by atomic mass is 15.0. The lowest BCUT2D eigenvalue weighted by molar-refractivity contribution is 0.607. The van der Waals surface area contributed by atoms with Gasteiger partial charge in [-0.25, -0.2) is 4.98 Å². The van der Waals surface area contributed by atoms with Crippen molar-refractivity contribution in [3.63, 3.8) is 0 Å². The number of aromatic nitrogens is 2. The summed E-state index contributed by atoms with van der Waals surface area (Å²) in [5, 5.41) is 0. The predicted molar refractivity (Wildman–Crippen MR) is 49.9 cm³/mol. The number of imidazole rings is 1. The van der Waals surface area contributed by atoms with Gasteiger partial charge in [-0.2, -0.15) is 0 Å². The van der Waals surface area contributed by atoms with Crippen LogP contribution in [0.25, 0.3) is 0 Å². The fourth-order valence-electron chi connectivity index (χ4n) is 1.20. The zero-order valence-corrected chi connectivity index (χ0v) is 8.02. The number of nitrogens with one attached hydrogen (secondary N) is 1. The summed E-state index contributed by atoms with van der Waals surface area (Å²) >= 11 is 0. The molecule has 3 heteroatoms. The Bertz CT molecular complexity index is 233. The number of nitrogens with zero attached hydrogens (tertiary/aromatic N) is 1. The van der Waals surface area contributed by atoms with Crippen LogP contribution in [0, 0.1) is 13.8 Å². The molecule has 0 saturated heterocycles.